The first-order valence-electron chi connectivity index (χ1n) is 7.23. The standard InChI is InChI=1S/C17H18ClN3O3/c1-11-8-13(18)4-5-14(11)20-16(22)10-24-17(23)12-6-7-19-15(9-12)21(2)3/h4-9H,10H2,1-3H3,(H,20,22). The molecule has 0 aliphatic carbocycles. The highest BCUT2D eigenvalue weighted by Gasteiger charge is 2.12. The fourth-order valence-electron chi connectivity index (χ4n) is 1.96. The van der Waals surface area contributed by atoms with E-state index in [1.165, 1.54) is 12.3 Å². The molecular formula is C17H18ClN3O3. The van der Waals surface area contributed by atoms with Crippen LogP contribution >= 0.6 is 11.6 Å². The van der Waals surface area contributed by atoms with Crippen molar-refractivity contribution in [1.29, 1.82) is 0 Å². The number of hydrogen-bond acceptors (Lipinski definition) is 5. The Kier molecular flexibility index (Phi) is 5.76. The van der Waals surface area contributed by atoms with E-state index in [1.54, 1.807) is 29.2 Å². The highest BCUT2D eigenvalue weighted by atomic mass is 35.5. The van der Waals surface area contributed by atoms with Gasteiger partial charge in [-0.15, -0.1) is 0 Å². The van der Waals surface area contributed by atoms with Crippen molar-refractivity contribution in [2.45, 2.75) is 6.92 Å². The van der Waals surface area contributed by atoms with Gasteiger partial charge in [0.05, 0.1) is 5.56 Å². The lowest BCUT2D eigenvalue weighted by molar-refractivity contribution is -0.119. The third kappa shape index (κ3) is 4.70. The van der Waals surface area contributed by atoms with Crippen molar-refractivity contribution in [2.75, 3.05) is 30.9 Å². The maximum atomic E-state index is 12.0. The summed E-state index contributed by atoms with van der Waals surface area (Å²) in [5.41, 5.74) is 1.79. The molecule has 1 aromatic carbocycles. The lowest BCUT2D eigenvalue weighted by Gasteiger charge is -2.12. The Hall–Kier alpha value is -2.60. The number of nitrogens with one attached hydrogen (secondary N) is 1. The number of halogens is 1. The van der Waals surface area contributed by atoms with Gasteiger partial charge < -0.3 is 15.0 Å². The van der Waals surface area contributed by atoms with Crippen LogP contribution in [0.1, 0.15) is 15.9 Å². The predicted octanol–water partition coefficient (Wildman–Crippen LogP) is 2.90. The molecule has 0 aliphatic heterocycles. The van der Waals surface area contributed by atoms with Crippen LogP contribution in [0.3, 0.4) is 0 Å². The molecule has 0 unspecified atom stereocenters. The molecule has 6 nitrogen and oxygen atoms in total. The SMILES string of the molecule is Cc1cc(Cl)ccc1NC(=O)COC(=O)c1ccnc(N(C)C)c1. The number of carbonyl (C=O) groups is 2. The second kappa shape index (κ2) is 7.79. The molecule has 1 heterocycles. The molecule has 0 fully saturated rings. The summed E-state index contributed by atoms with van der Waals surface area (Å²) >= 11 is 5.87. The highest BCUT2D eigenvalue weighted by molar-refractivity contribution is 6.30. The van der Waals surface area contributed by atoms with Gasteiger partial charge in [-0.05, 0) is 42.8 Å². The smallest absolute Gasteiger partial charge is 0.338 e. The molecule has 2 rings (SSSR count). The third-order valence-electron chi connectivity index (χ3n) is 3.24. The maximum Gasteiger partial charge on any atom is 0.338 e. The Balaban J connectivity index is 1.93. The minimum Gasteiger partial charge on any atom is -0.452 e. The van der Waals surface area contributed by atoms with Crippen LogP contribution in [-0.2, 0) is 9.53 Å². The first-order valence-corrected chi connectivity index (χ1v) is 7.61. The van der Waals surface area contributed by atoms with Crippen molar-refractivity contribution in [3.8, 4) is 0 Å². The van der Waals surface area contributed by atoms with Gasteiger partial charge in [0.15, 0.2) is 6.61 Å². The number of hydrogen-bond donors (Lipinski definition) is 1. The molecule has 7 heteroatoms. The summed E-state index contributed by atoms with van der Waals surface area (Å²) in [4.78, 5) is 29.8. The minimum absolute atomic E-state index is 0.337. The van der Waals surface area contributed by atoms with E-state index in [4.69, 9.17) is 16.3 Å². The number of nitrogens with zero attached hydrogens (tertiary/aromatic N) is 2. The van der Waals surface area contributed by atoms with E-state index in [9.17, 15) is 9.59 Å². The molecule has 0 saturated heterocycles. The Labute approximate surface area is 145 Å². The average molecular weight is 348 g/mol. The van der Waals surface area contributed by atoms with Gasteiger partial charge in [0.25, 0.3) is 5.91 Å². The Morgan fingerprint density at radius 1 is 1.25 bits per heavy atom. The first kappa shape index (κ1) is 17.7. The van der Waals surface area contributed by atoms with E-state index >= 15 is 0 Å². The molecule has 0 bridgehead atoms. The van der Waals surface area contributed by atoms with Gasteiger partial charge in [-0.2, -0.15) is 0 Å². The summed E-state index contributed by atoms with van der Waals surface area (Å²) in [5.74, 6) is -0.371. The van der Waals surface area contributed by atoms with Crippen LogP contribution in [0.25, 0.3) is 0 Å². The van der Waals surface area contributed by atoms with Gasteiger partial charge in [0.2, 0.25) is 0 Å². The summed E-state index contributed by atoms with van der Waals surface area (Å²) in [6.07, 6.45) is 1.52. The Bertz CT molecular complexity index is 762. The fraction of sp³-hybridized carbons (Fsp3) is 0.235. The van der Waals surface area contributed by atoms with Crippen LogP contribution in [0.15, 0.2) is 36.5 Å². The quantitative estimate of drug-likeness (QED) is 0.842. The van der Waals surface area contributed by atoms with Gasteiger partial charge in [0.1, 0.15) is 5.82 Å². The van der Waals surface area contributed by atoms with Gasteiger partial charge in [-0.1, -0.05) is 11.6 Å². The van der Waals surface area contributed by atoms with Gasteiger partial charge in [-0.3, -0.25) is 4.79 Å². The molecule has 1 amide bonds. The molecule has 1 aromatic heterocycles. The summed E-state index contributed by atoms with van der Waals surface area (Å²) in [6.45, 7) is 1.45. The van der Waals surface area contributed by atoms with Crippen molar-refractivity contribution >= 4 is 35.0 Å². The third-order valence-corrected chi connectivity index (χ3v) is 3.47. The lowest BCUT2D eigenvalue weighted by Crippen LogP contribution is -2.21. The second-order valence-corrected chi connectivity index (χ2v) is 5.82. The molecule has 0 atom stereocenters. The molecule has 0 aliphatic rings. The van der Waals surface area contributed by atoms with Crippen LogP contribution < -0.4 is 10.2 Å². The number of carbonyl (C=O) groups excluding carboxylic acids is 2. The maximum absolute atomic E-state index is 12.0. The first-order chi connectivity index (χ1) is 11.4. The van der Waals surface area contributed by atoms with Crippen molar-refractivity contribution in [3.05, 3.63) is 52.7 Å². The van der Waals surface area contributed by atoms with Crippen molar-refractivity contribution in [2.24, 2.45) is 0 Å². The van der Waals surface area contributed by atoms with E-state index in [-0.39, 0.29) is 6.61 Å². The van der Waals surface area contributed by atoms with Crippen LogP contribution in [0, 0.1) is 6.92 Å². The number of rotatable bonds is 5. The topological polar surface area (TPSA) is 71.5 Å². The lowest BCUT2D eigenvalue weighted by atomic mass is 10.2. The van der Waals surface area contributed by atoms with Crippen molar-refractivity contribution < 1.29 is 14.3 Å². The predicted molar refractivity (Wildman–Crippen MR) is 93.7 cm³/mol. The van der Waals surface area contributed by atoms with Gasteiger partial charge >= 0.3 is 5.97 Å². The van der Waals surface area contributed by atoms with Crippen LogP contribution in [0.2, 0.25) is 5.02 Å². The minimum atomic E-state index is -0.580. The van der Waals surface area contributed by atoms with E-state index in [1.807, 2.05) is 21.0 Å². The zero-order valence-electron chi connectivity index (χ0n) is 13.7. The molecule has 0 radical (unpaired) electrons. The fourth-order valence-corrected chi connectivity index (χ4v) is 2.18. The summed E-state index contributed by atoms with van der Waals surface area (Å²) < 4.78 is 5.04. The number of esters is 1. The zero-order valence-corrected chi connectivity index (χ0v) is 14.4. The Morgan fingerprint density at radius 2 is 2.00 bits per heavy atom. The number of ether oxygens (including phenoxy) is 1. The molecular weight excluding hydrogens is 330 g/mol. The van der Waals surface area contributed by atoms with Gasteiger partial charge in [-0.25, -0.2) is 9.78 Å². The molecule has 1 N–H and O–H groups in total. The van der Waals surface area contributed by atoms with Crippen LogP contribution in [-0.4, -0.2) is 37.6 Å². The number of amides is 1. The summed E-state index contributed by atoms with van der Waals surface area (Å²) in [5, 5.41) is 3.27. The summed E-state index contributed by atoms with van der Waals surface area (Å²) in [7, 11) is 3.64. The molecule has 0 spiro atoms. The van der Waals surface area contributed by atoms with E-state index < -0.39 is 11.9 Å². The van der Waals surface area contributed by atoms with Crippen LogP contribution in [0.4, 0.5) is 11.5 Å². The number of pyridine rings is 1. The van der Waals surface area contributed by atoms with Gasteiger partial charge in [0, 0.05) is 31.0 Å². The highest BCUT2D eigenvalue weighted by Crippen LogP contribution is 2.19. The van der Waals surface area contributed by atoms with Crippen LogP contribution in [0.5, 0.6) is 0 Å². The number of aromatic nitrogens is 1. The second-order valence-electron chi connectivity index (χ2n) is 5.38. The number of benzene rings is 1. The molecule has 2 aromatic rings. The summed E-state index contributed by atoms with van der Waals surface area (Å²) in [6, 6.07) is 8.25. The normalized spacial score (nSPS) is 10.2. The molecule has 126 valence electrons. The van der Waals surface area contributed by atoms with E-state index in [0.717, 1.165) is 5.56 Å². The van der Waals surface area contributed by atoms with Crippen molar-refractivity contribution in [3.63, 3.8) is 0 Å². The Morgan fingerprint density at radius 3 is 2.67 bits per heavy atom. The number of aryl methyl sites for hydroxylation is 1. The van der Waals surface area contributed by atoms with E-state index in [2.05, 4.69) is 10.3 Å². The zero-order chi connectivity index (χ0) is 17.7. The van der Waals surface area contributed by atoms with Crippen molar-refractivity contribution in [1.82, 2.24) is 4.98 Å². The average Bonchev–Trinajstić information content (AvgIpc) is 2.55. The molecule has 24 heavy (non-hydrogen) atoms. The molecule has 0 saturated carbocycles. The number of anilines is 2. The largest absolute Gasteiger partial charge is 0.452 e. The van der Waals surface area contributed by atoms with E-state index in [0.29, 0.717) is 22.1 Å². The monoisotopic (exact) mass is 347 g/mol.